The fraction of sp³-hybridized carbons (Fsp3) is 0.292. The lowest BCUT2D eigenvalue weighted by molar-refractivity contribution is -0.116. The Kier molecular flexibility index (Phi) is 5.56. The maximum atomic E-state index is 13.6. The first kappa shape index (κ1) is 21.7. The van der Waals surface area contributed by atoms with Crippen molar-refractivity contribution < 1.29 is 28.0 Å². The summed E-state index contributed by atoms with van der Waals surface area (Å²) in [6.45, 7) is 0. The normalized spacial score (nSPS) is 19.4. The second-order valence-electron chi connectivity index (χ2n) is 8.09. The van der Waals surface area contributed by atoms with Crippen LogP contribution in [0.1, 0.15) is 35.9 Å². The second-order valence-corrected chi connectivity index (χ2v) is 8.09. The first-order chi connectivity index (χ1) is 16.5. The van der Waals surface area contributed by atoms with Crippen LogP contribution < -0.4 is 24.8 Å². The van der Waals surface area contributed by atoms with Crippen LogP contribution in [0.25, 0.3) is 0 Å². The predicted molar refractivity (Wildman–Crippen MR) is 121 cm³/mol. The number of hydrogen-bond donors (Lipinski definition) is 2. The number of nitrogens with zero attached hydrogens (tertiary/aromatic N) is 2. The van der Waals surface area contributed by atoms with E-state index < -0.39 is 6.04 Å². The number of benzene rings is 2. The Morgan fingerprint density at radius 1 is 0.941 bits per heavy atom. The van der Waals surface area contributed by atoms with Crippen LogP contribution >= 0.6 is 0 Å². The summed E-state index contributed by atoms with van der Waals surface area (Å²) in [5, 5.41) is 14.4. The summed E-state index contributed by atoms with van der Waals surface area (Å²) in [4.78, 5) is 13.6. The first-order valence-corrected chi connectivity index (χ1v) is 10.7. The Bertz CT molecular complexity index is 1250. The zero-order chi connectivity index (χ0) is 23.8. The van der Waals surface area contributed by atoms with Crippen molar-refractivity contribution in [1.82, 2.24) is 10.3 Å². The van der Waals surface area contributed by atoms with Gasteiger partial charge in [0, 0.05) is 17.7 Å². The topological polar surface area (TPSA) is 108 Å². The molecular formula is C24H23FN4O5. The van der Waals surface area contributed by atoms with E-state index in [1.54, 1.807) is 24.3 Å². The van der Waals surface area contributed by atoms with Crippen molar-refractivity contribution in [3.63, 3.8) is 0 Å². The molecule has 0 bridgehead atoms. The van der Waals surface area contributed by atoms with E-state index in [9.17, 15) is 9.18 Å². The van der Waals surface area contributed by atoms with E-state index >= 15 is 0 Å². The lowest BCUT2D eigenvalue weighted by atomic mass is 9.78. The maximum absolute atomic E-state index is 13.6. The number of anilines is 2. The maximum Gasteiger partial charge on any atom is 0.219 e. The molecule has 9 nitrogen and oxygen atoms in total. The highest BCUT2D eigenvalue weighted by atomic mass is 19.1. The fourth-order valence-corrected chi connectivity index (χ4v) is 4.59. The quantitative estimate of drug-likeness (QED) is 0.572. The number of hydrogen-bond acceptors (Lipinski definition) is 9. The molecule has 2 heterocycles. The molecule has 0 fully saturated rings. The number of halogens is 1. The second kappa shape index (κ2) is 8.69. The molecule has 2 atom stereocenters. The van der Waals surface area contributed by atoms with Crippen LogP contribution in [0.3, 0.4) is 0 Å². The minimum atomic E-state index is -0.578. The molecule has 2 aromatic carbocycles. The molecule has 34 heavy (non-hydrogen) atoms. The summed E-state index contributed by atoms with van der Waals surface area (Å²) in [5.41, 5.74) is 2.87. The highest BCUT2D eigenvalue weighted by molar-refractivity contribution is 6.01. The average Bonchev–Trinajstić information content (AvgIpc) is 3.21. The minimum Gasteiger partial charge on any atom is -0.493 e. The Labute approximate surface area is 194 Å². The predicted octanol–water partition coefficient (Wildman–Crippen LogP) is 4.21. The van der Waals surface area contributed by atoms with Crippen molar-refractivity contribution in [2.75, 3.05) is 32.0 Å². The number of ether oxygens (including phenoxy) is 3. The number of rotatable bonds is 5. The van der Waals surface area contributed by atoms with Crippen molar-refractivity contribution in [3.05, 3.63) is 64.6 Å². The summed E-state index contributed by atoms with van der Waals surface area (Å²) in [6, 6.07) is 9.25. The number of ketones is 1. The van der Waals surface area contributed by atoms with Crippen molar-refractivity contribution >= 4 is 17.4 Å². The Hall–Kier alpha value is -4.08. The third-order valence-electron chi connectivity index (χ3n) is 6.20. The number of aromatic nitrogens is 2. The molecule has 1 aromatic heterocycles. The molecule has 176 valence electrons. The van der Waals surface area contributed by atoms with Gasteiger partial charge in [-0.1, -0.05) is 12.1 Å². The summed E-state index contributed by atoms with van der Waals surface area (Å²) in [5.74, 6) is 1.66. The van der Waals surface area contributed by atoms with E-state index in [2.05, 4.69) is 20.9 Å². The smallest absolute Gasteiger partial charge is 0.219 e. The van der Waals surface area contributed by atoms with Gasteiger partial charge in [0.05, 0.1) is 27.4 Å². The van der Waals surface area contributed by atoms with Gasteiger partial charge in [-0.25, -0.2) is 9.02 Å². The van der Waals surface area contributed by atoms with Crippen LogP contribution in [-0.4, -0.2) is 37.4 Å². The summed E-state index contributed by atoms with van der Waals surface area (Å²) in [6.07, 6.45) is 0.811. The summed E-state index contributed by atoms with van der Waals surface area (Å²) in [7, 11) is 4.60. The molecule has 0 amide bonds. The lowest BCUT2D eigenvalue weighted by Gasteiger charge is -2.30. The van der Waals surface area contributed by atoms with Gasteiger partial charge < -0.3 is 24.8 Å². The van der Waals surface area contributed by atoms with Crippen molar-refractivity contribution in [1.29, 1.82) is 0 Å². The Balaban J connectivity index is 1.62. The van der Waals surface area contributed by atoms with Gasteiger partial charge in [-0.05, 0) is 58.0 Å². The zero-order valence-corrected chi connectivity index (χ0v) is 18.8. The van der Waals surface area contributed by atoms with Crippen LogP contribution in [0.4, 0.5) is 16.0 Å². The van der Waals surface area contributed by atoms with Crippen LogP contribution in [0, 0.1) is 5.82 Å². The Morgan fingerprint density at radius 2 is 1.62 bits per heavy atom. The highest BCUT2D eigenvalue weighted by Crippen LogP contribution is 2.46. The third-order valence-corrected chi connectivity index (χ3v) is 6.20. The minimum absolute atomic E-state index is 0.0450. The van der Waals surface area contributed by atoms with Crippen molar-refractivity contribution in [2.24, 2.45) is 0 Å². The van der Waals surface area contributed by atoms with Gasteiger partial charge in [-0.2, -0.15) is 0 Å². The van der Waals surface area contributed by atoms with Crippen molar-refractivity contribution in [3.8, 4) is 17.2 Å². The van der Waals surface area contributed by atoms with E-state index in [1.165, 1.54) is 33.5 Å². The number of fused-ring (bicyclic) bond motifs is 1. The van der Waals surface area contributed by atoms with E-state index in [4.69, 9.17) is 18.8 Å². The first-order valence-electron chi connectivity index (χ1n) is 10.7. The van der Waals surface area contributed by atoms with Gasteiger partial charge in [0.25, 0.3) is 0 Å². The SMILES string of the molecule is COc1cc([C@@H]2Nc3nonc3NC3=C2C(=O)C[C@@H](c2ccc(F)cc2)C3)cc(OC)c1OC. The molecule has 5 rings (SSSR count). The molecule has 10 heteroatoms. The van der Waals surface area contributed by atoms with E-state index in [-0.39, 0.29) is 23.9 Å². The number of methoxy groups -OCH3 is 3. The number of Topliss-reactive ketones (excluding diaryl/α,β-unsaturated/α-hetero) is 1. The number of carbonyl (C=O) groups excluding carboxylic acids is 1. The zero-order valence-electron chi connectivity index (χ0n) is 18.8. The van der Waals surface area contributed by atoms with Crippen molar-refractivity contribution in [2.45, 2.75) is 24.8 Å². The molecule has 2 aliphatic rings. The van der Waals surface area contributed by atoms with Gasteiger partial charge in [-0.3, -0.25) is 4.79 Å². The van der Waals surface area contributed by atoms with E-state index in [0.717, 1.165) is 5.56 Å². The molecule has 0 saturated heterocycles. The average molecular weight is 466 g/mol. The molecule has 1 aliphatic heterocycles. The van der Waals surface area contributed by atoms with Crippen LogP contribution in [0.5, 0.6) is 17.2 Å². The van der Waals surface area contributed by atoms with Crippen LogP contribution in [-0.2, 0) is 4.79 Å². The lowest BCUT2D eigenvalue weighted by Crippen LogP contribution is -2.27. The van der Waals surface area contributed by atoms with Gasteiger partial charge in [0.1, 0.15) is 5.82 Å². The van der Waals surface area contributed by atoms with Gasteiger partial charge in [-0.15, -0.1) is 0 Å². The van der Waals surface area contributed by atoms with Gasteiger partial charge >= 0.3 is 0 Å². The number of carbonyl (C=O) groups is 1. The van der Waals surface area contributed by atoms with Gasteiger partial charge in [0.15, 0.2) is 17.3 Å². The monoisotopic (exact) mass is 466 g/mol. The Morgan fingerprint density at radius 3 is 2.26 bits per heavy atom. The fourth-order valence-electron chi connectivity index (χ4n) is 4.59. The highest BCUT2D eigenvalue weighted by Gasteiger charge is 2.38. The molecule has 0 spiro atoms. The summed E-state index contributed by atoms with van der Waals surface area (Å²) >= 11 is 0. The number of nitrogens with one attached hydrogen (secondary N) is 2. The van der Waals surface area contributed by atoms with E-state index in [0.29, 0.717) is 52.1 Å². The van der Waals surface area contributed by atoms with Crippen LogP contribution in [0.15, 0.2) is 52.3 Å². The molecule has 0 unspecified atom stereocenters. The molecule has 0 saturated carbocycles. The number of allylic oxidation sites excluding steroid dienone is 1. The van der Waals surface area contributed by atoms with Gasteiger partial charge in [0.2, 0.25) is 17.4 Å². The molecule has 1 aliphatic carbocycles. The van der Waals surface area contributed by atoms with E-state index in [1.807, 2.05) is 0 Å². The summed E-state index contributed by atoms with van der Waals surface area (Å²) < 4.78 is 34.8. The molecular weight excluding hydrogens is 443 g/mol. The molecule has 2 N–H and O–H groups in total. The molecule has 3 aromatic rings. The largest absolute Gasteiger partial charge is 0.493 e. The standard InChI is InChI=1S/C24H23FN4O5/c1-31-18-10-14(11-19(32-2)22(18)33-3)21-20-16(26-23-24(27-21)29-34-28-23)8-13(9-17(20)30)12-4-6-15(25)7-5-12/h4-7,10-11,13,21H,8-9H2,1-3H3,(H,26,28)(H,27,29)/t13-,21-/m0/s1. The van der Waals surface area contributed by atoms with Crippen LogP contribution in [0.2, 0.25) is 0 Å². The molecule has 0 radical (unpaired) electrons. The third kappa shape index (κ3) is 3.70.